The number of H-pyrrole nitrogens is 2. The van der Waals surface area contributed by atoms with E-state index in [4.69, 9.17) is 9.97 Å². The lowest BCUT2D eigenvalue weighted by Gasteiger charge is -2.34. The van der Waals surface area contributed by atoms with E-state index >= 15 is 0 Å². The second-order valence-corrected chi connectivity index (χ2v) is 16.9. The molecule has 61 heavy (non-hydrogen) atoms. The van der Waals surface area contributed by atoms with E-state index in [1.165, 1.54) is 11.9 Å². The summed E-state index contributed by atoms with van der Waals surface area (Å²) in [4.78, 5) is 63.7. The van der Waals surface area contributed by atoms with E-state index in [2.05, 4.69) is 89.4 Å². The maximum absolute atomic E-state index is 14.2. The molecule has 6 aromatic rings. The Hall–Kier alpha value is -6.05. The van der Waals surface area contributed by atoms with Crippen LogP contribution in [-0.4, -0.2) is 102 Å². The van der Waals surface area contributed by atoms with Gasteiger partial charge in [-0.15, -0.1) is 0 Å². The van der Waals surface area contributed by atoms with Crippen molar-refractivity contribution in [2.45, 2.75) is 76.5 Å². The van der Waals surface area contributed by atoms with Crippen LogP contribution in [0.3, 0.4) is 0 Å². The predicted octanol–water partition coefficient (Wildman–Crippen LogP) is 9.22. The van der Waals surface area contributed by atoms with E-state index in [1.54, 1.807) is 11.3 Å². The average Bonchev–Trinajstić information content (AvgIpc) is 4.15. The van der Waals surface area contributed by atoms with Gasteiger partial charge in [-0.2, -0.15) is 11.3 Å². The van der Waals surface area contributed by atoms with Crippen LogP contribution >= 0.6 is 11.3 Å². The van der Waals surface area contributed by atoms with Crippen LogP contribution in [0.25, 0.3) is 33.6 Å². The van der Waals surface area contributed by atoms with Crippen molar-refractivity contribution >= 4 is 29.2 Å². The highest BCUT2D eigenvalue weighted by molar-refractivity contribution is 7.07. The number of nitrogens with one attached hydrogen (secondary N) is 2. The molecule has 2 aliphatic heterocycles. The topological polar surface area (TPSA) is 142 Å². The van der Waals surface area contributed by atoms with Crippen molar-refractivity contribution in [3.63, 3.8) is 0 Å². The lowest BCUT2D eigenvalue weighted by Crippen LogP contribution is -2.43. The molecule has 3 N–H and O–H groups in total. The van der Waals surface area contributed by atoms with Crippen molar-refractivity contribution in [1.29, 1.82) is 0 Å². The first-order valence-electron chi connectivity index (χ1n) is 21.4. The second-order valence-electron chi connectivity index (χ2n) is 16.1. The van der Waals surface area contributed by atoms with Gasteiger partial charge in [-0.3, -0.25) is 14.5 Å². The highest BCUT2D eigenvalue weighted by Gasteiger charge is 2.38. The fraction of sp³-hybridized carbons (Fsp3) is 0.354. The molecule has 0 aliphatic carbocycles. The summed E-state index contributed by atoms with van der Waals surface area (Å²) < 4.78 is 0. The molecule has 3 amide bonds. The van der Waals surface area contributed by atoms with Crippen molar-refractivity contribution in [3.8, 4) is 33.6 Å². The summed E-state index contributed by atoms with van der Waals surface area (Å²) >= 11 is 1.56. The van der Waals surface area contributed by atoms with Gasteiger partial charge in [0.05, 0.1) is 35.9 Å². The number of carbonyl (C=O) groups excluding carboxylic acids is 2. The van der Waals surface area contributed by atoms with Gasteiger partial charge < -0.3 is 29.8 Å². The number of thiophene rings is 1. The molecule has 0 radical (unpaired) electrons. The van der Waals surface area contributed by atoms with E-state index < -0.39 is 12.1 Å². The van der Waals surface area contributed by atoms with Gasteiger partial charge in [-0.25, -0.2) is 14.8 Å². The lowest BCUT2D eigenvalue weighted by atomic mass is 10.0. The largest absolute Gasteiger partial charge is 0.465 e. The number of hydrogen-bond acceptors (Lipinski definition) is 7. The van der Waals surface area contributed by atoms with Gasteiger partial charge in [-0.1, -0.05) is 92.7 Å². The third-order valence-corrected chi connectivity index (χ3v) is 13.2. The number of hydrogen-bond donors (Lipinski definition) is 3. The first kappa shape index (κ1) is 41.7. The van der Waals surface area contributed by atoms with Crippen molar-refractivity contribution in [1.82, 2.24) is 39.5 Å². The van der Waals surface area contributed by atoms with E-state index in [0.29, 0.717) is 19.5 Å². The molecular weight excluding hydrogens is 785 g/mol. The second kappa shape index (κ2) is 18.7. The maximum atomic E-state index is 14.2. The van der Waals surface area contributed by atoms with Crippen LogP contribution < -0.4 is 0 Å². The number of imidazole rings is 2. The number of aromatic nitrogens is 4. The summed E-state index contributed by atoms with van der Waals surface area (Å²) in [5, 5.41) is 13.7. The van der Waals surface area contributed by atoms with E-state index in [1.807, 2.05) is 57.2 Å². The number of likely N-dealkylation sites (N-methyl/N-ethyl adjacent to an activating group) is 2. The number of carbonyl (C=O) groups is 3. The molecule has 3 aromatic carbocycles. The number of nitrogens with zero attached hydrogens (tertiary/aromatic N) is 6. The fourth-order valence-electron chi connectivity index (χ4n) is 9.05. The first-order chi connectivity index (χ1) is 29.7. The summed E-state index contributed by atoms with van der Waals surface area (Å²) in [7, 11) is 1.54. The summed E-state index contributed by atoms with van der Waals surface area (Å²) in [6.45, 7) is 7.13. The molecule has 8 rings (SSSR count). The summed E-state index contributed by atoms with van der Waals surface area (Å²) in [5.74, 6) is 1.63. The van der Waals surface area contributed by atoms with Gasteiger partial charge in [0, 0.05) is 32.6 Å². The molecule has 2 aliphatic rings. The fourth-order valence-corrected chi connectivity index (χ4v) is 9.73. The van der Waals surface area contributed by atoms with Crippen molar-refractivity contribution in [3.05, 3.63) is 131 Å². The normalized spacial score (nSPS) is 17.5. The van der Waals surface area contributed by atoms with Gasteiger partial charge in [0.2, 0.25) is 11.8 Å². The molecule has 2 saturated heterocycles. The molecule has 0 saturated carbocycles. The Labute approximate surface area is 361 Å². The molecule has 0 spiro atoms. The molecule has 2 fully saturated rings. The molecule has 4 atom stereocenters. The molecule has 12 nitrogen and oxygen atoms in total. The minimum absolute atomic E-state index is 0.0623. The standard InChI is InChI=1S/C48H54N8O4S/c1-4-54(5-2)44(37-11-7-6-8-12-37)47(58)56-25-10-14-42(56)46-50-30-40(52-46)36-21-17-34(18-22-36)33-15-19-35(20-16-33)39-29-49-45(51-39)41-13-9-24-55(41)43(57)28-38(53(3)48(59)60)27-32-23-26-61-31-32/h6-8,11-12,15-23,26,29-31,38,41-42,44H,4-5,9-10,13-14,24-25,27-28H2,1-3H3,(H,49,51)(H,50,52)(H,59,60)/t38-,41+,42+,44-/m1/s1. The predicted molar refractivity (Wildman–Crippen MR) is 239 cm³/mol. The molecule has 13 heteroatoms. The molecule has 316 valence electrons. The Balaban J connectivity index is 0.911. The third-order valence-electron chi connectivity index (χ3n) is 12.5. The van der Waals surface area contributed by atoms with Crippen molar-refractivity contribution in [2.24, 2.45) is 0 Å². The first-order valence-corrected chi connectivity index (χ1v) is 22.3. The minimum Gasteiger partial charge on any atom is -0.465 e. The number of aromatic amines is 2. The molecule has 5 heterocycles. The Morgan fingerprint density at radius 2 is 1.31 bits per heavy atom. The maximum Gasteiger partial charge on any atom is 0.407 e. The SMILES string of the molecule is CCN(CC)[C@@H](C(=O)N1CCC[C@H]1c1ncc(-c2ccc(-c3ccc(-c4cnc([C@@H]5CCCN5C(=O)C[C@@H](Cc5ccsc5)N(C)C(=O)O)[nH]4)cc3)cc2)[nH]1)c1ccccc1. The third kappa shape index (κ3) is 9.03. The van der Waals surface area contributed by atoms with E-state index in [9.17, 15) is 19.5 Å². The van der Waals surface area contributed by atoms with Gasteiger partial charge in [-0.05, 0) is 95.4 Å². The Morgan fingerprint density at radius 1 is 0.770 bits per heavy atom. The van der Waals surface area contributed by atoms with Crippen LogP contribution in [0.1, 0.15) is 86.9 Å². The quantitative estimate of drug-likeness (QED) is 0.0937. The van der Waals surface area contributed by atoms with E-state index in [-0.39, 0.29) is 36.4 Å². The highest BCUT2D eigenvalue weighted by Crippen LogP contribution is 2.37. The Morgan fingerprint density at radius 3 is 1.84 bits per heavy atom. The summed E-state index contributed by atoms with van der Waals surface area (Å²) in [6, 6.07) is 27.8. The number of carboxylic acid groups (broad SMARTS) is 1. The van der Waals surface area contributed by atoms with Gasteiger partial charge in [0.25, 0.3) is 0 Å². The molecular formula is C48H54N8O4S. The van der Waals surface area contributed by atoms with Gasteiger partial charge in [0.1, 0.15) is 17.7 Å². The highest BCUT2D eigenvalue weighted by atomic mass is 32.1. The molecule has 0 unspecified atom stereocenters. The summed E-state index contributed by atoms with van der Waals surface area (Å²) in [5.41, 5.74) is 8.03. The molecule has 3 aromatic heterocycles. The van der Waals surface area contributed by atoms with Crippen LogP contribution in [-0.2, 0) is 16.0 Å². The van der Waals surface area contributed by atoms with Crippen LogP contribution in [0.15, 0.2) is 108 Å². The monoisotopic (exact) mass is 838 g/mol. The van der Waals surface area contributed by atoms with Crippen molar-refractivity contribution < 1.29 is 19.5 Å². The van der Waals surface area contributed by atoms with Gasteiger partial charge >= 0.3 is 6.09 Å². The minimum atomic E-state index is -1.04. The number of likely N-dealkylation sites (tertiary alicyclic amines) is 2. The number of amides is 3. The van der Waals surface area contributed by atoms with Crippen molar-refractivity contribution in [2.75, 3.05) is 33.2 Å². The smallest absolute Gasteiger partial charge is 0.407 e. The molecule has 0 bridgehead atoms. The van der Waals surface area contributed by atoms with Crippen LogP contribution in [0.5, 0.6) is 0 Å². The van der Waals surface area contributed by atoms with Crippen LogP contribution in [0.4, 0.5) is 4.79 Å². The zero-order chi connectivity index (χ0) is 42.5. The number of benzene rings is 3. The van der Waals surface area contributed by atoms with Crippen LogP contribution in [0, 0.1) is 0 Å². The zero-order valence-electron chi connectivity index (χ0n) is 35.0. The van der Waals surface area contributed by atoms with E-state index in [0.717, 1.165) is 95.2 Å². The van der Waals surface area contributed by atoms with Crippen LogP contribution in [0.2, 0.25) is 0 Å². The lowest BCUT2D eigenvalue weighted by molar-refractivity contribution is -0.138. The zero-order valence-corrected chi connectivity index (χ0v) is 35.9. The Bertz CT molecular complexity index is 2390. The average molecular weight is 839 g/mol. The Kier molecular flexibility index (Phi) is 12.8. The summed E-state index contributed by atoms with van der Waals surface area (Å²) in [6.07, 6.45) is 6.72. The van der Waals surface area contributed by atoms with Gasteiger partial charge in [0.15, 0.2) is 0 Å². The number of rotatable bonds is 15.